The van der Waals surface area contributed by atoms with Crippen LogP contribution in [-0.2, 0) is 31.1 Å². The minimum atomic E-state index is -4.70. The predicted octanol–water partition coefficient (Wildman–Crippen LogP) is 2.97. The zero-order valence-corrected chi connectivity index (χ0v) is 16.9. The molecule has 1 unspecified atom stereocenters. The van der Waals surface area contributed by atoms with Crippen molar-refractivity contribution in [3.8, 4) is 0 Å². The van der Waals surface area contributed by atoms with Gasteiger partial charge in [0.1, 0.15) is 6.54 Å². The van der Waals surface area contributed by atoms with Crippen molar-refractivity contribution in [2.24, 2.45) is 0 Å². The number of alkyl halides is 3. The number of aromatic nitrogens is 2. The lowest BCUT2D eigenvalue weighted by atomic mass is 9.96. The fraction of sp³-hybridized carbons (Fsp3) is 0.471. The van der Waals surface area contributed by atoms with Crippen LogP contribution in [0.2, 0.25) is 0 Å². The zero-order valence-electron chi connectivity index (χ0n) is 16.1. The maximum absolute atomic E-state index is 12.7. The number of esters is 1. The Hall–Kier alpha value is -2.47. The molecule has 1 aromatic carbocycles. The van der Waals surface area contributed by atoms with Gasteiger partial charge in [-0.05, 0) is 25.1 Å². The molecule has 1 aromatic heterocycles. The zero-order chi connectivity index (χ0) is 22.0. The number of benzene rings is 1. The van der Waals surface area contributed by atoms with Crippen LogP contribution in [-0.4, -0.2) is 31.1 Å². The average Bonchev–Trinajstić information content (AvgIpc) is 3.10. The Balaban J connectivity index is 2.00. The van der Waals surface area contributed by atoms with Crippen LogP contribution in [0.25, 0.3) is 0 Å². The van der Waals surface area contributed by atoms with E-state index >= 15 is 0 Å². The molecular weight excluding hydrogens is 415 g/mol. The van der Waals surface area contributed by atoms with Gasteiger partial charge in [-0.2, -0.15) is 22.9 Å². The molecule has 29 heavy (non-hydrogen) atoms. The van der Waals surface area contributed by atoms with Gasteiger partial charge in [0.15, 0.2) is 11.9 Å². The van der Waals surface area contributed by atoms with E-state index in [-0.39, 0.29) is 11.3 Å². The molecule has 0 aliphatic rings. The number of nitrogens with one attached hydrogen (secondary N) is 1. The van der Waals surface area contributed by atoms with E-state index in [9.17, 15) is 26.4 Å². The lowest BCUT2D eigenvalue weighted by molar-refractivity contribution is -0.148. The standard InChI is InChI=1S/C17H20F3N3O5S/c1-10(14-22-15(23-28-14)16(2,3)4)27-13(24)9-21-29(25,26)12-7-5-6-11(8-12)17(18,19)20/h5-8,10,21H,9H2,1-4H3. The second-order valence-corrected chi connectivity index (χ2v) is 8.96. The lowest BCUT2D eigenvalue weighted by Crippen LogP contribution is -2.31. The molecule has 0 fully saturated rings. The highest BCUT2D eigenvalue weighted by molar-refractivity contribution is 7.89. The van der Waals surface area contributed by atoms with E-state index < -0.39 is 45.3 Å². The summed E-state index contributed by atoms with van der Waals surface area (Å²) in [6, 6.07) is 3.16. The summed E-state index contributed by atoms with van der Waals surface area (Å²) in [6.07, 6.45) is -5.64. The number of hydrogen-bond acceptors (Lipinski definition) is 7. The summed E-state index contributed by atoms with van der Waals surface area (Å²) in [7, 11) is -4.36. The van der Waals surface area contributed by atoms with Crippen LogP contribution in [0.15, 0.2) is 33.7 Å². The molecule has 1 N–H and O–H groups in total. The number of hydrogen-bond donors (Lipinski definition) is 1. The second-order valence-electron chi connectivity index (χ2n) is 7.19. The van der Waals surface area contributed by atoms with Crippen molar-refractivity contribution < 1.29 is 35.6 Å². The van der Waals surface area contributed by atoms with Gasteiger partial charge in [0.2, 0.25) is 10.0 Å². The van der Waals surface area contributed by atoms with E-state index in [0.29, 0.717) is 11.9 Å². The summed E-state index contributed by atoms with van der Waals surface area (Å²) in [5, 5.41) is 3.79. The number of sulfonamides is 1. The molecule has 0 saturated heterocycles. The summed E-state index contributed by atoms with van der Waals surface area (Å²) in [6.45, 7) is 6.25. The first-order valence-electron chi connectivity index (χ1n) is 8.40. The Bertz CT molecular complexity index is 981. The molecule has 0 spiro atoms. The number of nitrogens with zero attached hydrogens (tertiary/aromatic N) is 2. The topological polar surface area (TPSA) is 111 Å². The summed E-state index contributed by atoms with van der Waals surface area (Å²) in [4.78, 5) is 15.4. The van der Waals surface area contributed by atoms with Crippen molar-refractivity contribution in [3.05, 3.63) is 41.5 Å². The third kappa shape index (κ3) is 6.00. The SMILES string of the molecule is CC(OC(=O)CNS(=O)(=O)c1cccc(C(F)(F)F)c1)c1nc(C(C)(C)C)no1. The van der Waals surface area contributed by atoms with Gasteiger partial charge in [-0.25, -0.2) is 8.42 Å². The molecule has 0 radical (unpaired) electrons. The van der Waals surface area contributed by atoms with Crippen LogP contribution in [0.5, 0.6) is 0 Å². The van der Waals surface area contributed by atoms with Crippen molar-refractivity contribution in [1.82, 2.24) is 14.9 Å². The summed E-state index contributed by atoms with van der Waals surface area (Å²) < 4.78 is 74.5. The van der Waals surface area contributed by atoms with Crippen molar-refractivity contribution in [1.29, 1.82) is 0 Å². The van der Waals surface area contributed by atoms with E-state index in [1.54, 1.807) is 0 Å². The Morgan fingerprint density at radius 2 is 1.93 bits per heavy atom. The number of carbonyl (C=O) groups excluding carboxylic acids is 1. The summed E-state index contributed by atoms with van der Waals surface area (Å²) in [5.41, 5.74) is -1.51. The highest BCUT2D eigenvalue weighted by Gasteiger charge is 2.32. The number of rotatable bonds is 6. The molecular formula is C17H20F3N3O5S. The molecule has 0 aliphatic carbocycles. The van der Waals surface area contributed by atoms with E-state index in [1.165, 1.54) is 6.92 Å². The largest absolute Gasteiger partial charge is 0.452 e. The number of halogens is 3. The third-order valence-electron chi connectivity index (χ3n) is 3.65. The average molecular weight is 435 g/mol. The first-order chi connectivity index (χ1) is 13.2. The number of ether oxygens (including phenoxy) is 1. The fourth-order valence-electron chi connectivity index (χ4n) is 2.07. The molecule has 160 valence electrons. The number of carbonyl (C=O) groups is 1. The van der Waals surface area contributed by atoms with Crippen LogP contribution in [0, 0.1) is 0 Å². The Morgan fingerprint density at radius 3 is 2.48 bits per heavy atom. The van der Waals surface area contributed by atoms with Gasteiger partial charge >= 0.3 is 12.1 Å². The molecule has 0 amide bonds. The van der Waals surface area contributed by atoms with Crippen LogP contribution in [0.4, 0.5) is 13.2 Å². The first kappa shape index (κ1) is 22.8. The van der Waals surface area contributed by atoms with Gasteiger partial charge in [-0.15, -0.1) is 0 Å². The minimum absolute atomic E-state index is 0.0315. The Kier molecular flexibility index (Phi) is 6.38. The molecule has 8 nitrogen and oxygen atoms in total. The molecule has 1 heterocycles. The lowest BCUT2D eigenvalue weighted by Gasteiger charge is -2.12. The highest BCUT2D eigenvalue weighted by Crippen LogP contribution is 2.30. The molecule has 2 aromatic rings. The van der Waals surface area contributed by atoms with Gasteiger partial charge in [-0.1, -0.05) is 32.0 Å². The molecule has 1 atom stereocenters. The van der Waals surface area contributed by atoms with Crippen LogP contribution in [0.1, 0.15) is 51.1 Å². The van der Waals surface area contributed by atoms with Gasteiger partial charge in [0.05, 0.1) is 10.5 Å². The molecule has 12 heteroatoms. The van der Waals surface area contributed by atoms with Gasteiger partial charge in [0.25, 0.3) is 5.89 Å². The highest BCUT2D eigenvalue weighted by atomic mass is 32.2. The molecule has 0 saturated carbocycles. The normalized spacial score (nSPS) is 13.9. The monoisotopic (exact) mass is 435 g/mol. The maximum Gasteiger partial charge on any atom is 0.416 e. The minimum Gasteiger partial charge on any atom is -0.452 e. The quantitative estimate of drug-likeness (QED) is 0.695. The first-order valence-corrected chi connectivity index (χ1v) is 9.89. The van der Waals surface area contributed by atoms with Crippen molar-refractivity contribution in [3.63, 3.8) is 0 Å². The summed E-state index contributed by atoms with van der Waals surface area (Å²) >= 11 is 0. The van der Waals surface area contributed by atoms with Crippen molar-refractivity contribution in [2.75, 3.05) is 6.54 Å². The van der Waals surface area contributed by atoms with Crippen LogP contribution in [0.3, 0.4) is 0 Å². The van der Waals surface area contributed by atoms with Crippen LogP contribution < -0.4 is 4.72 Å². The fourth-order valence-corrected chi connectivity index (χ4v) is 3.09. The molecule has 2 rings (SSSR count). The van der Waals surface area contributed by atoms with Gasteiger partial charge < -0.3 is 9.26 Å². The van der Waals surface area contributed by atoms with E-state index in [4.69, 9.17) is 9.26 Å². The maximum atomic E-state index is 12.7. The Labute approximate surface area is 165 Å². The second kappa shape index (κ2) is 8.11. The molecule has 0 aliphatic heterocycles. The van der Waals surface area contributed by atoms with E-state index in [1.807, 2.05) is 25.5 Å². The van der Waals surface area contributed by atoms with Crippen molar-refractivity contribution in [2.45, 2.75) is 50.3 Å². The van der Waals surface area contributed by atoms with Gasteiger partial charge in [0, 0.05) is 5.41 Å². The summed E-state index contributed by atoms with van der Waals surface area (Å²) in [5.74, 6) is -0.534. The van der Waals surface area contributed by atoms with Gasteiger partial charge in [-0.3, -0.25) is 4.79 Å². The smallest absolute Gasteiger partial charge is 0.416 e. The van der Waals surface area contributed by atoms with E-state index in [0.717, 1.165) is 18.2 Å². The predicted molar refractivity (Wildman–Crippen MR) is 94.1 cm³/mol. The third-order valence-corrected chi connectivity index (χ3v) is 5.05. The van der Waals surface area contributed by atoms with E-state index in [2.05, 4.69) is 10.1 Å². The van der Waals surface area contributed by atoms with Crippen LogP contribution >= 0.6 is 0 Å². The molecule has 0 bridgehead atoms. The Morgan fingerprint density at radius 1 is 1.28 bits per heavy atom. The van der Waals surface area contributed by atoms with Crippen molar-refractivity contribution >= 4 is 16.0 Å².